The molecule has 7 nitrogen and oxygen atoms in total. The summed E-state index contributed by atoms with van der Waals surface area (Å²) in [6.07, 6.45) is 0.330. The second kappa shape index (κ2) is 6.78. The van der Waals surface area contributed by atoms with Crippen molar-refractivity contribution in [3.05, 3.63) is 24.3 Å². The minimum Gasteiger partial charge on any atom is -0.492 e. The van der Waals surface area contributed by atoms with Crippen LogP contribution in [0.15, 0.2) is 24.3 Å². The van der Waals surface area contributed by atoms with Gasteiger partial charge in [0.2, 0.25) is 0 Å². The molecule has 1 aliphatic rings. The van der Waals surface area contributed by atoms with Crippen molar-refractivity contribution in [2.24, 2.45) is 0 Å². The van der Waals surface area contributed by atoms with Crippen LogP contribution in [0.4, 0.5) is 5.69 Å². The number of amides is 2. The van der Waals surface area contributed by atoms with E-state index < -0.39 is 27.7 Å². The molecule has 1 heterocycles. The van der Waals surface area contributed by atoms with E-state index >= 15 is 0 Å². The summed E-state index contributed by atoms with van der Waals surface area (Å²) >= 11 is 0. The average molecular weight is 326 g/mol. The van der Waals surface area contributed by atoms with Crippen molar-refractivity contribution in [2.75, 3.05) is 23.4 Å². The van der Waals surface area contributed by atoms with Gasteiger partial charge in [0, 0.05) is 6.04 Å². The standard InChI is InChI=1S/C14H18N2O5S/c1-2-21-12-6-4-3-5-11(12)16-14(18)13(17)15-10-7-8-22(19,20)9-10/h3-6,10H,2,7-9H2,1H3,(H,15,17)(H,16,18). The molecule has 1 aromatic rings. The Bertz CT molecular complexity index is 672. The second-order valence-electron chi connectivity index (χ2n) is 4.96. The van der Waals surface area contributed by atoms with E-state index in [1.807, 2.05) is 6.92 Å². The van der Waals surface area contributed by atoms with Crippen LogP contribution in [0.1, 0.15) is 13.3 Å². The number of rotatable bonds is 4. The Morgan fingerprint density at radius 1 is 1.27 bits per heavy atom. The first-order chi connectivity index (χ1) is 10.4. The van der Waals surface area contributed by atoms with Crippen LogP contribution in [0.3, 0.4) is 0 Å². The van der Waals surface area contributed by atoms with E-state index in [1.54, 1.807) is 24.3 Å². The molecule has 1 fully saturated rings. The third kappa shape index (κ3) is 4.20. The third-order valence-corrected chi connectivity index (χ3v) is 4.98. The van der Waals surface area contributed by atoms with Crippen LogP contribution < -0.4 is 15.4 Å². The van der Waals surface area contributed by atoms with E-state index in [-0.39, 0.29) is 11.5 Å². The summed E-state index contributed by atoms with van der Waals surface area (Å²) in [6.45, 7) is 2.24. The first-order valence-corrected chi connectivity index (χ1v) is 8.77. The molecule has 1 aliphatic heterocycles. The normalized spacial score (nSPS) is 19.4. The quantitative estimate of drug-likeness (QED) is 0.776. The van der Waals surface area contributed by atoms with Gasteiger partial charge in [-0.1, -0.05) is 12.1 Å². The number of anilines is 1. The number of sulfone groups is 1. The summed E-state index contributed by atoms with van der Waals surface area (Å²) in [7, 11) is -3.11. The SMILES string of the molecule is CCOc1ccccc1NC(=O)C(=O)NC1CCS(=O)(=O)C1. The molecule has 1 atom stereocenters. The number of nitrogens with one attached hydrogen (secondary N) is 2. The van der Waals surface area contributed by atoms with Crippen LogP contribution in [-0.4, -0.2) is 44.4 Å². The molecule has 8 heteroatoms. The number of carbonyl (C=O) groups excluding carboxylic acids is 2. The Morgan fingerprint density at radius 2 is 2.00 bits per heavy atom. The van der Waals surface area contributed by atoms with E-state index in [9.17, 15) is 18.0 Å². The summed E-state index contributed by atoms with van der Waals surface area (Å²) < 4.78 is 28.0. The molecule has 1 aromatic carbocycles. The minimum absolute atomic E-state index is 0.0345. The molecule has 1 unspecified atom stereocenters. The van der Waals surface area contributed by atoms with Gasteiger partial charge >= 0.3 is 11.8 Å². The molecular formula is C14H18N2O5S. The van der Waals surface area contributed by atoms with Gasteiger partial charge in [0.05, 0.1) is 23.8 Å². The summed E-state index contributed by atoms with van der Waals surface area (Å²) in [5.41, 5.74) is 0.392. The fraction of sp³-hybridized carbons (Fsp3) is 0.429. The van der Waals surface area contributed by atoms with Gasteiger partial charge in [-0.05, 0) is 25.5 Å². The van der Waals surface area contributed by atoms with Crippen molar-refractivity contribution in [1.29, 1.82) is 0 Å². The number of benzene rings is 1. The van der Waals surface area contributed by atoms with E-state index in [0.717, 1.165) is 0 Å². The van der Waals surface area contributed by atoms with E-state index in [0.29, 0.717) is 24.5 Å². The van der Waals surface area contributed by atoms with Crippen LogP contribution in [-0.2, 0) is 19.4 Å². The molecule has 0 aromatic heterocycles. The zero-order valence-electron chi connectivity index (χ0n) is 12.2. The fourth-order valence-electron chi connectivity index (χ4n) is 2.19. The Hall–Kier alpha value is -2.09. The maximum atomic E-state index is 11.9. The van der Waals surface area contributed by atoms with Crippen molar-refractivity contribution in [3.63, 3.8) is 0 Å². The van der Waals surface area contributed by atoms with Gasteiger partial charge in [-0.2, -0.15) is 0 Å². The van der Waals surface area contributed by atoms with Crippen LogP contribution in [0.5, 0.6) is 5.75 Å². The molecule has 22 heavy (non-hydrogen) atoms. The second-order valence-corrected chi connectivity index (χ2v) is 7.19. The molecule has 1 saturated heterocycles. The third-order valence-electron chi connectivity index (χ3n) is 3.21. The predicted molar refractivity (Wildman–Crippen MR) is 81.4 cm³/mol. The zero-order valence-corrected chi connectivity index (χ0v) is 13.0. The lowest BCUT2D eigenvalue weighted by Crippen LogP contribution is -2.42. The lowest BCUT2D eigenvalue weighted by molar-refractivity contribution is -0.136. The highest BCUT2D eigenvalue weighted by atomic mass is 32.2. The van der Waals surface area contributed by atoms with E-state index in [1.165, 1.54) is 0 Å². The lowest BCUT2D eigenvalue weighted by atomic mass is 10.2. The highest BCUT2D eigenvalue weighted by molar-refractivity contribution is 7.91. The number of hydrogen-bond acceptors (Lipinski definition) is 5. The average Bonchev–Trinajstić information content (AvgIpc) is 2.80. The molecular weight excluding hydrogens is 308 g/mol. The van der Waals surface area contributed by atoms with Crippen LogP contribution in [0.25, 0.3) is 0 Å². The van der Waals surface area contributed by atoms with Crippen molar-refractivity contribution < 1.29 is 22.7 Å². The first kappa shape index (κ1) is 16.3. The molecule has 120 valence electrons. The van der Waals surface area contributed by atoms with Crippen molar-refractivity contribution in [3.8, 4) is 5.75 Å². The largest absolute Gasteiger partial charge is 0.492 e. The van der Waals surface area contributed by atoms with Gasteiger partial charge in [-0.25, -0.2) is 8.42 Å². The summed E-state index contributed by atoms with van der Waals surface area (Å²) in [6, 6.07) is 6.26. The topological polar surface area (TPSA) is 102 Å². The smallest absolute Gasteiger partial charge is 0.313 e. The molecule has 2 N–H and O–H groups in total. The number of ether oxygens (including phenoxy) is 1. The van der Waals surface area contributed by atoms with Gasteiger partial charge in [0.1, 0.15) is 5.75 Å². The number of hydrogen-bond donors (Lipinski definition) is 2. The highest BCUT2D eigenvalue weighted by Gasteiger charge is 2.30. The van der Waals surface area contributed by atoms with Gasteiger partial charge in [0.15, 0.2) is 9.84 Å². The zero-order chi connectivity index (χ0) is 16.2. The first-order valence-electron chi connectivity index (χ1n) is 6.95. The van der Waals surface area contributed by atoms with Crippen molar-refractivity contribution in [2.45, 2.75) is 19.4 Å². The minimum atomic E-state index is -3.11. The molecule has 0 spiro atoms. The Kier molecular flexibility index (Phi) is 5.02. The predicted octanol–water partition coefficient (Wildman–Crippen LogP) is 0.327. The van der Waals surface area contributed by atoms with Gasteiger partial charge in [0.25, 0.3) is 0 Å². The van der Waals surface area contributed by atoms with Gasteiger partial charge in [-0.3, -0.25) is 9.59 Å². The summed E-state index contributed by atoms with van der Waals surface area (Å²) in [5, 5.41) is 4.90. The molecule has 0 radical (unpaired) electrons. The molecule has 0 bridgehead atoms. The van der Waals surface area contributed by atoms with Crippen molar-refractivity contribution >= 4 is 27.3 Å². The maximum absolute atomic E-state index is 11.9. The van der Waals surface area contributed by atoms with Gasteiger partial charge < -0.3 is 15.4 Å². The Balaban J connectivity index is 1.96. The number of carbonyl (C=O) groups is 2. The Labute approximate surface area is 129 Å². The van der Waals surface area contributed by atoms with Crippen LogP contribution in [0.2, 0.25) is 0 Å². The summed E-state index contributed by atoms with van der Waals surface area (Å²) in [5.74, 6) is -1.33. The Morgan fingerprint density at radius 3 is 2.64 bits per heavy atom. The molecule has 0 aliphatic carbocycles. The van der Waals surface area contributed by atoms with Crippen molar-refractivity contribution in [1.82, 2.24) is 5.32 Å². The molecule has 0 saturated carbocycles. The lowest BCUT2D eigenvalue weighted by Gasteiger charge is -2.13. The maximum Gasteiger partial charge on any atom is 0.313 e. The monoisotopic (exact) mass is 326 g/mol. The van der Waals surface area contributed by atoms with Crippen LogP contribution >= 0.6 is 0 Å². The highest BCUT2D eigenvalue weighted by Crippen LogP contribution is 2.23. The summed E-state index contributed by atoms with van der Waals surface area (Å²) in [4.78, 5) is 23.7. The van der Waals surface area contributed by atoms with Crippen LogP contribution in [0, 0.1) is 0 Å². The van der Waals surface area contributed by atoms with E-state index in [4.69, 9.17) is 4.74 Å². The van der Waals surface area contributed by atoms with E-state index in [2.05, 4.69) is 10.6 Å². The molecule has 2 amide bonds. The van der Waals surface area contributed by atoms with Gasteiger partial charge in [-0.15, -0.1) is 0 Å². The molecule has 2 rings (SSSR count). The fourth-order valence-corrected chi connectivity index (χ4v) is 3.86. The number of para-hydroxylation sites is 2.